The van der Waals surface area contributed by atoms with Crippen LogP contribution >= 0.6 is 11.6 Å². The van der Waals surface area contributed by atoms with Gasteiger partial charge in [0.05, 0.1) is 34.4 Å². The molecule has 11 heteroatoms. The number of carbonyl (C=O) groups excluding carboxylic acids is 3. The van der Waals surface area contributed by atoms with E-state index in [1.165, 1.54) is 21.7 Å². The van der Waals surface area contributed by atoms with E-state index in [0.717, 1.165) is 0 Å². The number of ketones is 1. The number of urea groups is 1. The molecule has 2 heterocycles. The van der Waals surface area contributed by atoms with Gasteiger partial charge in [-0.1, -0.05) is 41.9 Å². The number of amides is 3. The molecule has 4 rings (SSSR count). The average molecular weight is 502 g/mol. The molecule has 9 nitrogen and oxygen atoms in total. The number of nitrogens with zero attached hydrogens (tertiary/aromatic N) is 2. The van der Waals surface area contributed by atoms with Crippen LogP contribution in [0.25, 0.3) is 10.9 Å². The lowest BCUT2D eigenvalue weighted by Crippen LogP contribution is -2.45. The van der Waals surface area contributed by atoms with Gasteiger partial charge in [0.25, 0.3) is 0 Å². The molecule has 0 radical (unpaired) electrons. The first-order valence-electron chi connectivity index (χ1n) is 11.0. The minimum atomic E-state index is -1.44. The summed E-state index contributed by atoms with van der Waals surface area (Å²) in [6.07, 6.45) is 1.38. The minimum Gasteiger partial charge on any atom is -0.387 e. The smallest absolute Gasteiger partial charge is 0.323 e. The number of hydrogen-bond donors (Lipinski definition) is 4. The monoisotopic (exact) mass is 501 g/mol. The van der Waals surface area contributed by atoms with E-state index in [2.05, 4.69) is 5.32 Å². The predicted molar refractivity (Wildman–Crippen MR) is 130 cm³/mol. The molecule has 3 aromatic rings. The molecule has 1 aliphatic rings. The third-order valence-electron chi connectivity index (χ3n) is 6.29. The van der Waals surface area contributed by atoms with E-state index in [-0.39, 0.29) is 48.7 Å². The van der Waals surface area contributed by atoms with Crippen molar-refractivity contribution in [3.63, 3.8) is 0 Å². The molecule has 3 amide bonds. The highest BCUT2D eigenvalue weighted by atomic mass is 35.5. The number of nitrogens with two attached hydrogens (primary N) is 2. The van der Waals surface area contributed by atoms with Gasteiger partial charge in [-0.25, -0.2) is 14.0 Å². The van der Waals surface area contributed by atoms with Gasteiger partial charge in [0.2, 0.25) is 0 Å². The first-order chi connectivity index (χ1) is 16.6. The maximum atomic E-state index is 14.2. The summed E-state index contributed by atoms with van der Waals surface area (Å²) in [5.41, 5.74) is 10.8. The summed E-state index contributed by atoms with van der Waals surface area (Å²) in [6.45, 7) is -0.309. The van der Waals surface area contributed by atoms with Gasteiger partial charge in [0.1, 0.15) is 5.82 Å². The second kappa shape index (κ2) is 9.65. The quantitative estimate of drug-likeness (QED) is 0.410. The van der Waals surface area contributed by atoms with Crippen molar-refractivity contribution in [3.8, 4) is 0 Å². The van der Waals surface area contributed by atoms with Crippen molar-refractivity contribution >= 4 is 46.0 Å². The molecule has 6 N–H and O–H groups in total. The lowest BCUT2D eigenvalue weighted by Gasteiger charge is -2.24. The van der Waals surface area contributed by atoms with Crippen molar-refractivity contribution in [1.29, 1.82) is 0 Å². The summed E-state index contributed by atoms with van der Waals surface area (Å²) in [5.74, 6) is -0.934. The Morgan fingerprint density at radius 1 is 1.20 bits per heavy atom. The lowest BCUT2D eigenvalue weighted by atomic mass is 9.96. The van der Waals surface area contributed by atoms with Crippen molar-refractivity contribution in [2.24, 2.45) is 11.5 Å². The zero-order valence-electron chi connectivity index (χ0n) is 18.7. The van der Waals surface area contributed by atoms with Crippen LogP contribution in [0.15, 0.2) is 48.7 Å². The molecule has 35 heavy (non-hydrogen) atoms. The largest absolute Gasteiger partial charge is 0.387 e. The van der Waals surface area contributed by atoms with Crippen LogP contribution in [0.1, 0.15) is 18.4 Å². The standard InChI is InChI=1S/C24H25ClFN5O4/c25-16-6-3-4-14(21(16)26)8-9-20(32)19-10-24(35,12-27)13-31(19)23(34)29-17-11-30(22(28)33)18-7-2-1-5-15(17)18/h1-7,11,19,35H,8-10,12-13,27H2,(H2,28,33)(H,29,34)/t19-,24-/m0/s1. The van der Waals surface area contributed by atoms with Crippen LogP contribution in [0, 0.1) is 5.82 Å². The Morgan fingerprint density at radius 2 is 1.94 bits per heavy atom. The third-order valence-corrected chi connectivity index (χ3v) is 6.58. The molecule has 2 atom stereocenters. The average Bonchev–Trinajstić information content (AvgIpc) is 3.39. The van der Waals surface area contributed by atoms with Crippen molar-refractivity contribution in [2.45, 2.75) is 30.9 Å². The zero-order chi connectivity index (χ0) is 25.3. The van der Waals surface area contributed by atoms with Crippen LogP contribution in [0.2, 0.25) is 5.02 Å². The summed E-state index contributed by atoms with van der Waals surface area (Å²) >= 11 is 5.82. The number of primary amides is 1. The van der Waals surface area contributed by atoms with Gasteiger partial charge in [-0.15, -0.1) is 0 Å². The summed E-state index contributed by atoms with van der Waals surface area (Å²) < 4.78 is 15.4. The normalized spacial score (nSPS) is 19.8. The van der Waals surface area contributed by atoms with Crippen LogP contribution in [0.4, 0.5) is 19.7 Å². The maximum Gasteiger partial charge on any atom is 0.323 e. The Bertz CT molecular complexity index is 1310. The van der Waals surface area contributed by atoms with Crippen LogP contribution in [-0.4, -0.2) is 57.2 Å². The van der Waals surface area contributed by atoms with E-state index in [1.807, 2.05) is 0 Å². The highest BCUT2D eigenvalue weighted by Gasteiger charge is 2.47. The first kappa shape index (κ1) is 24.6. The summed E-state index contributed by atoms with van der Waals surface area (Å²) in [5, 5.41) is 14.0. The molecule has 184 valence electrons. The summed E-state index contributed by atoms with van der Waals surface area (Å²) in [4.78, 5) is 39.4. The van der Waals surface area contributed by atoms with Gasteiger partial charge in [-0.05, 0) is 24.1 Å². The maximum absolute atomic E-state index is 14.2. The number of aliphatic hydroxyl groups is 1. The van der Waals surface area contributed by atoms with Crippen LogP contribution in [0.3, 0.4) is 0 Å². The van der Waals surface area contributed by atoms with Crippen LogP contribution < -0.4 is 16.8 Å². The van der Waals surface area contributed by atoms with E-state index in [4.69, 9.17) is 23.1 Å². The number of fused-ring (bicyclic) bond motifs is 1. The minimum absolute atomic E-state index is 0.0375. The molecule has 1 aromatic heterocycles. The van der Waals surface area contributed by atoms with E-state index in [9.17, 15) is 23.9 Å². The van der Waals surface area contributed by atoms with Gasteiger partial charge >= 0.3 is 12.1 Å². The number of anilines is 1. The molecular formula is C24H25ClFN5O4. The van der Waals surface area contributed by atoms with Gasteiger partial charge in [0.15, 0.2) is 5.78 Å². The van der Waals surface area contributed by atoms with Crippen molar-refractivity contribution in [3.05, 3.63) is 65.1 Å². The van der Waals surface area contributed by atoms with Gasteiger partial charge < -0.3 is 26.8 Å². The molecule has 0 unspecified atom stereocenters. The Labute approximate surface area is 205 Å². The summed E-state index contributed by atoms with van der Waals surface area (Å²) in [6, 6.07) is 9.09. The molecule has 1 aliphatic heterocycles. The van der Waals surface area contributed by atoms with Gasteiger partial charge in [0, 0.05) is 31.0 Å². The number of halogens is 2. The molecule has 0 aliphatic carbocycles. The molecule has 0 spiro atoms. The topological polar surface area (TPSA) is 144 Å². The van der Waals surface area contributed by atoms with E-state index in [1.54, 1.807) is 36.4 Å². The number of para-hydroxylation sites is 1. The summed E-state index contributed by atoms with van der Waals surface area (Å²) in [7, 11) is 0. The number of nitrogens with one attached hydrogen (secondary N) is 1. The fourth-order valence-electron chi connectivity index (χ4n) is 4.43. The molecule has 0 saturated carbocycles. The number of aryl methyl sites for hydroxylation is 1. The van der Waals surface area contributed by atoms with Gasteiger partial charge in [-0.2, -0.15) is 0 Å². The van der Waals surface area contributed by atoms with Crippen molar-refractivity contribution in [1.82, 2.24) is 9.47 Å². The highest BCUT2D eigenvalue weighted by Crippen LogP contribution is 2.31. The van der Waals surface area contributed by atoms with Crippen molar-refractivity contribution < 1.29 is 23.9 Å². The highest BCUT2D eigenvalue weighted by molar-refractivity contribution is 6.30. The number of benzene rings is 2. The fourth-order valence-corrected chi connectivity index (χ4v) is 4.62. The second-order valence-corrected chi connectivity index (χ2v) is 9.06. The van der Waals surface area contributed by atoms with Crippen molar-refractivity contribution in [2.75, 3.05) is 18.4 Å². The number of rotatable bonds is 6. The molecule has 0 bridgehead atoms. The number of β-amino-alcohol motifs (C(OH)–C–C–N with tert-alkyl or cyclic N) is 1. The second-order valence-electron chi connectivity index (χ2n) is 8.65. The van der Waals surface area contributed by atoms with Crippen LogP contribution in [-0.2, 0) is 11.2 Å². The Hall–Kier alpha value is -3.47. The molecular weight excluding hydrogens is 477 g/mol. The first-order valence-corrected chi connectivity index (χ1v) is 11.4. The third kappa shape index (κ3) is 4.86. The van der Waals surface area contributed by atoms with Crippen LogP contribution in [0.5, 0.6) is 0 Å². The lowest BCUT2D eigenvalue weighted by molar-refractivity contribution is -0.122. The molecule has 1 saturated heterocycles. The van der Waals surface area contributed by atoms with E-state index >= 15 is 0 Å². The fraction of sp³-hybridized carbons (Fsp3) is 0.292. The Morgan fingerprint density at radius 3 is 2.66 bits per heavy atom. The van der Waals surface area contributed by atoms with E-state index < -0.39 is 29.5 Å². The van der Waals surface area contributed by atoms with Gasteiger partial charge in [-0.3, -0.25) is 9.36 Å². The predicted octanol–water partition coefficient (Wildman–Crippen LogP) is 2.86. The number of hydrogen-bond acceptors (Lipinski definition) is 5. The van der Waals surface area contributed by atoms with E-state index in [0.29, 0.717) is 16.6 Å². The SMILES string of the molecule is NC[C@@]1(O)C[C@@H](C(=O)CCc2cccc(Cl)c2F)N(C(=O)Nc2cn(C(N)=O)c3ccccc23)C1. The zero-order valence-corrected chi connectivity index (χ0v) is 19.5. The number of likely N-dealkylation sites (tertiary alicyclic amines) is 1. The number of carbonyl (C=O) groups is 3. The molecule has 1 fully saturated rings. The Kier molecular flexibility index (Phi) is 6.79. The Balaban J connectivity index is 1.55. The number of aromatic nitrogens is 1. The number of Topliss-reactive ketones (excluding diaryl/α,β-unsaturated/α-hetero) is 1. The molecule has 2 aromatic carbocycles.